The van der Waals surface area contributed by atoms with Crippen LogP contribution in [0.3, 0.4) is 0 Å². The average molecular weight is 239 g/mol. The van der Waals surface area contributed by atoms with E-state index in [2.05, 4.69) is 51.8 Å². The fraction of sp³-hybridized carbons (Fsp3) is 0.867. The number of likely N-dealkylation sites (N-methyl/N-ethyl adjacent to an activating group) is 1. The number of hydrogen-bond donors (Lipinski definition) is 1. The molecule has 0 bridgehead atoms. The third kappa shape index (κ3) is 6.71. The Balaban J connectivity index is 4.61. The minimum atomic E-state index is 0.155. The van der Waals surface area contributed by atoms with E-state index in [0.717, 1.165) is 26.0 Å². The Hall–Kier alpha value is -0.520. The van der Waals surface area contributed by atoms with Gasteiger partial charge in [-0.05, 0) is 32.2 Å². The highest BCUT2D eigenvalue weighted by Gasteiger charge is 2.31. The lowest BCUT2D eigenvalue weighted by molar-refractivity contribution is -0.0367. The number of hydrogen-bond acceptors (Lipinski definition) is 2. The van der Waals surface area contributed by atoms with E-state index in [1.54, 1.807) is 0 Å². The van der Waals surface area contributed by atoms with E-state index in [1.807, 2.05) is 6.92 Å². The Morgan fingerprint density at radius 2 is 1.88 bits per heavy atom. The predicted octanol–water partition coefficient (Wildman–Crippen LogP) is 3.22. The van der Waals surface area contributed by atoms with Gasteiger partial charge in [-0.1, -0.05) is 27.7 Å². The third-order valence-corrected chi connectivity index (χ3v) is 2.79. The van der Waals surface area contributed by atoms with Crippen molar-refractivity contribution in [3.8, 4) is 11.8 Å². The molecule has 0 aromatic heterocycles. The van der Waals surface area contributed by atoms with Crippen LogP contribution in [0.4, 0.5) is 0 Å². The minimum absolute atomic E-state index is 0.155. The second kappa shape index (κ2) is 8.55. The average Bonchev–Trinajstić information content (AvgIpc) is 2.24. The summed E-state index contributed by atoms with van der Waals surface area (Å²) in [5.74, 6) is 6.10. The molecular weight excluding hydrogens is 210 g/mol. The van der Waals surface area contributed by atoms with Gasteiger partial charge in [-0.3, -0.25) is 0 Å². The van der Waals surface area contributed by atoms with Gasteiger partial charge in [0.05, 0.1) is 6.10 Å². The maximum Gasteiger partial charge on any atom is 0.0776 e. The maximum atomic E-state index is 5.94. The molecule has 0 aromatic carbocycles. The van der Waals surface area contributed by atoms with Gasteiger partial charge in [-0.15, -0.1) is 11.8 Å². The van der Waals surface area contributed by atoms with Crippen molar-refractivity contribution in [2.75, 3.05) is 13.2 Å². The standard InChI is InChI=1S/C15H29NO/c1-7-10-11-12-13(16-8-2)14(17-9-3)15(4,5)6/h13-14,16H,8-9,11-12H2,1-6H3. The molecule has 0 fully saturated rings. The Kier molecular flexibility index (Phi) is 8.29. The van der Waals surface area contributed by atoms with Gasteiger partial charge in [-0.2, -0.15) is 0 Å². The maximum absolute atomic E-state index is 5.94. The summed E-state index contributed by atoms with van der Waals surface area (Å²) in [5, 5.41) is 3.54. The molecule has 0 spiro atoms. The van der Waals surface area contributed by atoms with Crippen molar-refractivity contribution in [3.63, 3.8) is 0 Å². The first-order valence-electron chi connectivity index (χ1n) is 6.71. The Bertz CT molecular complexity index is 244. The van der Waals surface area contributed by atoms with Crippen molar-refractivity contribution >= 4 is 0 Å². The van der Waals surface area contributed by atoms with Crippen LogP contribution in [0.25, 0.3) is 0 Å². The van der Waals surface area contributed by atoms with Crippen LogP contribution in [0.2, 0.25) is 0 Å². The zero-order valence-electron chi connectivity index (χ0n) is 12.4. The van der Waals surface area contributed by atoms with Gasteiger partial charge in [0.15, 0.2) is 0 Å². The number of nitrogens with one attached hydrogen (secondary N) is 1. The fourth-order valence-corrected chi connectivity index (χ4v) is 2.12. The van der Waals surface area contributed by atoms with Crippen LogP contribution in [0, 0.1) is 17.3 Å². The molecule has 0 rings (SSSR count). The molecule has 1 N–H and O–H groups in total. The molecule has 0 aliphatic carbocycles. The lowest BCUT2D eigenvalue weighted by Crippen LogP contribution is -2.48. The van der Waals surface area contributed by atoms with E-state index in [9.17, 15) is 0 Å². The van der Waals surface area contributed by atoms with Gasteiger partial charge >= 0.3 is 0 Å². The quantitative estimate of drug-likeness (QED) is 0.689. The van der Waals surface area contributed by atoms with Crippen LogP contribution in [-0.4, -0.2) is 25.3 Å². The van der Waals surface area contributed by atoms with E-state index < -0.39 is 0 Å². The van der Waals surface area contributed by atoms with E-state index >= 15 is 0 Å². The monoisotopic (exact) mass is 239 g/mol. The number of ether oxygens (including phenoxy) is 1. The molecule has 17 heavy (non-hydrogen) atoms. The Morgan fingerprint density at radius 1 is 1.24 bits per heavy atom. The summed E-state index contributed by atoms with van der Waals surface area (Å²) in [4.78, 5) is 0. The molecule has 2 unspecified atom stereocenters. The highest BCUT2D eigenvalue weighted by atomic mass is 16.5. The topological polar surface area (TPSA) is 21.3 Å². The van der Waals surface area contributed by atoms with Crippen LogP contribution in [0.15, 0.2) is 0 Å². The Morgan fingerprint density at radius 3 is 2.29 bits per heavy atom. The van der Waals surface area contributed by atoms with Gasteiger partial charge < -0.3 is 10.1 Å². The van der Waals surface area contributed by atoms with Gasteiger partial charge in [0.2, 0.25) is 0 Å². The molecule has 0 amide bonds. The molecule has 0 heterocycles. The molecule has 0 saturated heterocycles. The van der Waals surface area contributed by atoms with Crippen LogP contribution in [0.1, 0.15) is 54.4 Å². The molecular formula is C15H29NO. The molecule has 100 valence electrons. The summed E-state index contributed by atoms with van der Waals surface area (Å²) < 4.78 is 5.94. The first-order valence-corrected chi connectivity index (χ1v) is 6.71. The Labute approximate surface area is 108 Å². The second-order valence-electron chi connectivity index (χ2n) is 5.37. The normalized spacial score (nSPS) is 14.9. The summed E-state index contributed by atoms with van der Waals surface area (Å²) in [6, 6.07) is 0.390. The highest BCUT2D eigenvalue weighted by molar-refractivity contribution is 4.97. The lowest BCUT2D eigenvalue weighted by atomic mass is 9.83. The predicted molar refractivity (Wildman–Crippen MR) is 75.0 cm³/mol. The number of rotatable bonds is 7. The van der Waals surface area contributed by atoms with Gasteiger partial charge in [-0.25, -0.2) is 0 Å². The molecule has 0 aliphatic heterocycles. The molecule has 2 heteroatoms. The van der Waals surface area contributed by atoms with Crippen LogP contribution >= 0.6 is 0 Å². The molecule has 2 nitrogen and oxygen atoms in total. The third-order valence-electron chi connectivity index (χ3n) is 2.79. The van der Waals surface area contributed by atoms with E-state index in [0.29, 0.717) is 6.04 Å². The van der Waals surface area contributed by atoms with Crippen molar-refractivity contribution in [3.05, 3.63) is 0 Å². The van der Waals surface area contributed by atoms with E-state index in [4.69, 9.17) is 4.74 Å². The highest BCUT2D eigenvalue weighted by Crippen LogP contribution is 2.26. The smallest absolute Gasteiger partial charge is 0.0776 e. The van der Waals surface area contributed by atoms with Gasteiger partial charge in [0.1, 0.15) is 0 Å². The van der Waals surface area contributed by atoms with Gasteiger partial charge in [0, 0.05) is 19.1 Å². The summed E-state index contributed by atoms with van der Waals surface area (Å²) in [7, 11) is 0. The zero-order chi connectivity index (χ0) is 13.3. The zero-order valence-corrected chi connectivity index (χ0v) is 12.4. The summed E-state index contributed by atoms with van der Waals surface area (Å²) in [6.45, 7) is 14.6. The van der Waals surface area contributed by atoms with Crippen molar-refractivity contribution in [1.29, 1.82) is 0 Å². The second-order valence-corrected chi connectivity index (χ2v) is 5.37. The van der Waals surface area contributed by atoms with Crippen LogP contribution < -0.4 is 5.32 Å². The molecule has 0 saturated carbocycles. The van der Waals surface area contributed by atoms with Crippen LogP contribution in [0.5, 0.6) is 0 Å². The van der Waals surface area contributed by atoms with Crippen molar-refractivity contribution in [2.24, 2.45) is 5.41 Å². The lowest BCUT2D eigenvalue weighted by Gasteiger charge is -2.37. The first-order chi connectivity index (χ1) is 7.97. The summed E-state index contributed by atoms with van der Waals surface area (Å²) >= 11 is 0. The first kappa shape index (κ1) is 16.5. The molecule has 0 radical (unpaired) electrons. The summed E-state index contributed by atoms with van der Waals surface area (Å²) in [6.07, 6.45) is 2.23. The van der Waals surface area contributed by atoms with Crippen molar-refractivity contribution < 1.29 is 4.74 Å². The molecule has 0 aliphatic rings. The largest absolute Gasteiger partial charge is 0.376 e. The molecule has 2 atom stereocenters. The minimum Gasteiger partial charge on any atom is -0.376 e. The van der Waals surface area contributed by atoms with E-state index in [-0.39, 0.29) is 11.5 Å². The van der Waals surface area contributed by atoms with Crippen molar-refractivity contribution in [1.82, 2.24) is 5.32 Å². The van der Waals surface area contributed by atoms with Crippen LogP contribution in [-0.2, 0) is 4.74 Å². The van der Waals surface area contributed by atoms with E-state index in [1.165, 1.54) is 0 Å². The fourth-order valence-electron chi connectivity index (χ4n) is 2.12. The SMILES string of the molecule is CC#CCCC(NCC)C(OCC)C(C)(C)C. The van der Waals surface area contributed by atoms with Gasteiger partial charge in [0.25, 0.3) is 0 Å². The molecule has 0 aromatic rings. The summed E-state index contributed by atoms with van der Waals surface area (Å²) in [5.41, 5.74) is 0.155. The van der Waals surface area contributed by atoms with Crippen molar-refractivity contribution in [2.45, 2.75) is 66.5 Å².